The van der Waals surface area contributed by atoms with E-state index in [-0.39, 0.29) is 25.2 Å². The smallest absolute Gasteiger partial charge is 0.320 e. The summed E-state index contributed by atoms with van der Waals surface area (Å²) in [5.41, 5.74) is 0. The first-order chi connectivity index (χ1) is 8.41. The molecule has 3 N–H and O–H groups in total. The highest BCUT2D eigenvalue weighted by molar-refractivity contribution is 5.78. The van der Waals surface area contributed by atoms with Crippen molar-refractivity contribution < 1.29 is 24.9 Å². The van der Waals surface area contributed by atoms with Gasteiger partial charge in [0.2, 0.25) is 0 Å². The largest absolute Gasteiger partial charge is 0.481 e. The van der Waals surface area contributed by atoms with Gasteiger partial charge in [0, 0.05) is 12.6 Å². The number of hydrogen-bond acceptors (Lipinski definition) is 4. The molecule has 2 aliphatic heterocycles. The Kier molecular flexibility index (Phi) is 3.45. The van der Waals surface area contributed by atoms with Crippen molar-refractivity contribution >= 4 is 12.0 Å². The van der Waals surface area contributed by atoms with E-state index in [9.17, 15) is 19.8 Å². The highest BCUT2D eigenvalue weighted by Crippen LogP contribution is 2.26. The quantitative estimate of drug-likeness (QED) is 0.556. The Balaban J connectivity index is 2.01. The third kappa shape index (κ3) is 2.15. The van der Waals surface area contributed by atoms with Gasteiger partial charge in [0.05, 0.1) is 31.2 Å². The number of aliphatic hydroxyl groups excluding tert-OH is 2. The third-order valence-corrected chi connectivity index (χ3v) is 3.85. The first kappa shape index (κ1) is 13.1. The molecule has 2 rings (SSSR count). The fourth-order valence-corrected chi connectivity index (χ4v) is 2.65. The average molecular weight is 258 g/mol. The van der Waals surface area contributed by atoms with Crippen LogP contribution in [0, 0.1) is 5.92 Å². The van der Waals surface area contributed by atoms with Crippen molar-refractivity contribution in [1.29, 1.82) is 0 Å². The molecular formula is C11H18N2O5. The lowest BCUT2D eigenvalue weighted by atomic mass is 10.0. The third-order valence-electron chi connectivity index (χ3n) is 3.85. The highest BCUT2D eigenvalue weighted by Gasteiger charge is 2.42. The van der Waals surface area contributed by atoms with Gasteiger partial charge in [0.25, 0.3) is 0 Å². The summed E-state index contributed by atoms with van der Waals surface area (Å²) in [5.74, 6) is -1.43. The van der Waals surface area contributed by atoms with Crippen LogP contribution in [0.4, 0.5) is 4.79 Å². The maximum absolute atomic E-state index is 12.2. The Morgan fingerprint density at radius 2 is 1.72 bits per heavy atom. The van der Waals surface area contributed by atoms with Crippen LogP contribution in [0.25, 0.3) is 0 Å². The fourth-order valence-electron chi connectivity index (χ4n) is 2.65. The number of aliphatic hydroxyl groups is 2. The summed E-state index contributed by atoms with van der Waals surface area (Å²) in [7, 11) is 0. The Hall–Kier alpha value is -1.34. The monoisotopic (exact) mass is 258 g/mol. The zero-order chi connectivity index (χ0) is 13.4. The first-order valence-corrected chi connectivity index (χ1v) is 6.06. The summed E-state index contributed by atoms with van der Waals surface area (Å²) in [6.07, 6.45) is -1.38. The second-order valence-electron chi connectivity index (χ2n) is 4.99. The van der Waals surface area contributed by atoms with Gasteiger partial charge in [0.15, 0.2) is 0 Å². The molecule has 0 saturated carbocycles. The van der Waals surface area contributed by atoms with Gasteiger partial charge in [0.1, 0.15) is 0 Å². The fraction of sp³-hybridized carbons (Fsp3) is 0.818. The van der Waals surface area contributed by atoms with E-state index in [1.54, 1.807) is 6.92 Å². The van der Waals surface area contributed by atoms with Gasteiger partial charge >= 0.3 is 12.0 Å². The van der Waals surface area contributed by atoms with Crippen molar-refractivity contribution in [1.82, 2.24) is 9.80 Å². The van der Waals surface area contributed by atoms with Crippen molar-refractivity contribution in [3.8, 4) is 0 Å². The number of likely N-dealkylation sites (tertiary alicyclic amines) is 2. The molecule has 2 fully saturated rings. The first-order valence-electron chi connectivity index (χ1n) is 6.06. The normalized spacial score (nSPS) is 36.2. The van der Waals surface area contributed by atoms with Crippen molar-refractivity contribution in [2.45, 2.75) is 31.6 Å². The van der Waals surface area contributed by atoms with Crippen molar-refractivity contribution in [3.05, 3.63) is 0 Å². The summed E-state index contributed by atoms with van der Waals surface area (Å²) < 4.78 is 0. The maximum atomic E-state index is 12.2. The lowest BCUT2D eigenvalue weighted by molar-refractivity contribution is -0.142. The molecule has 18 heavy (non-hydrogen) atoms. The van der Waals surface area contributed by atoms with Crippen LogP contribution in [0.5, 0.6) is 0 Å². The zero-order valence-corrected chi connectivity index (χ0v) is 10.2. The molecule has 4 atom stereocenters. The Morgan fingerprint density at radius 1 is 1.17 bits per heavy atom. The molecule has 0 aromatic rings. The molecule has 7 nitrogen and oxygen atoms in total. The highest BCUT2D eigenvalue weighted by atomic mass is 16.4. The van der Waals surface area contributed by atoms with Gasteiger partial charge < -0.3 is 25.1 Å². The zero-order valence-electron chi connectivity index (χ0n) is 10.2. The minimum Gasteiger partial charge on any atom is -0.481 e. The number of carboxylic acid groups (broad SMARTS) is 1. The molecule has 2 amide bonds. The van der Waals surface area contributed by atoms with Crippen LogP contribution in [0.3, 0.4) is 0 Å². The molecule has 2 heterocycles. The van der Waals surface area contributed by atoms with Crippen LogP contribution in [0.2, 0.25) is 0 Å². The van der Waals surface area contributed by atoms with Crippen LogP contribution in [-0.2, 0) is 4.79 Å². The topological polar surface area (TPSA) is 101 Å². The standard InChI is InChI=1S/C11H18N2O5/c1-6-7(10(16)17)2-3-13(6)11(18)12-4-8(14)9(15)5-12/h6-9,14-15H,2-5H2,1H3,(H,16,17). The predicted molar refractivity (Wildman–Crippen MR) is 60.9 cm³/mol. The Labute approximate surface area is 105 Å². The number of carboxylic acids is 1. The number of aliphatic carboxylic acids is 1. The van der Waals surface area contributed by atoms with Gasteiger partial charge in [-0.15, -0.1) is 0 Å². The number of hydrogen-bond donors (Lipinski definition) is 3. The van der Waals surface area contributed by atoms with E-state index in [4.69, 9.17) is 5.11 Å². The van der Waals surface area contributed by atoms with E-state index in [0.29, 0.717) is 13.0 Å². The lowest BCUT2D eigenvalue weighted by Gasteiger charge is -2.28. The predicted octanol–water partition coefficient (Wildman–Crippen LogP) is -1.06. The minimum absolute atomic E-state index is 0.0982. The van der Waals surface area contributed by atoms with Crippen molar-refractivity contribution in [3.63, 3.8) is 0 Å². The molecule has 2 aliphatic rings. The number of carbonyl (C=O) groups is 2. The van der Waals surface area contributed by atoms with Gasteiger partial charge in [-0.3, -0.25) is 4.79 Å². The molecule has 0 aromatic heterocycles. The maximum Gasteiger partial charge on any atom is 0.320 e. The number of β-amino-alcohol motifs (C(OH)–C–C–N with tert-alkyl or cyclic N) is 2. The van der Waals surface area contributed by atoms with E-state index in [2.05, 4.69) is 0 Å². The summed E-state index contributed by atoms with van der Waals surface area (Å²) in [6, 6.07) is -0.660. The SMILES string of the molecule is CC1C(C(=O)O)CCN1C(=O)N1CC(O)C(O)C1. The molecule has 0 radical (unpaired) electrons. The molecule has 0 aliphatic carbocycles. The molecule has 0 spiro atoms. The van der Waals surface area contributed by atoms with E-state index in [0.717, 1.165) is 0 Å². The molecule has 102 valence electrons. The van der Waals surface area contributed by atoms with Gasteiger partial charge in [-0.25, -0.2) is 4.79 Å². The summed E-state index contributed by atoms with van der Waals surface area (Å²) >= 11 is 0. The second kappa shape index (κ2) is 4.74. The number of rotatable bonds is 1. The van der Waals surface area contributed by atoms with Crippen molar-refractivity contribution in [2.75, 3.05) is 19.6 Å². The average Bonchev–Trinajstić information content (AvgIpc) is 2.82. The minimum atomic E-state index is -0.915. The van der Waals surface area contributed by atoms with Crippen molar-refractivity contribution in [2.24, 2.45) is 5.92 Å². The molecule has 0 bridgehead atoms. The number of urea groups is 1. The Bertz CT molecular complexity index is 351. The second-order valence-corrected chi connectivity index (χ2v) is 4.99. The molecule has 2 saturated heterocycles. The molecule has 7 heteroatoms. The van der Waals surface area contributed by atoms with Gasteiger partial charge in [-0.2, -0.15) is 0 Å². The lowest BCUT2D eigenvalue weighted by Crippen LogP contribution is -2.45. The van der Waals surface area contributed by atoms with Crippen LogP contribution in [0.1, 0.15) is 13.3 Å². The van der Waals surface area contributed by atoms with Crippen LogP contribution < -0.4 is 0 Å². The van der Waals surface area contributed by atoms with Gasteiger partial charge in [-0.1, -0.05) is 0 Å². The number of amides is 2. The van der Waals surface area contributed by atoms with Gasteiger partial charge in [-0.05, 0) is 13.3 Å². The van der Waals surface area contributed by atoms with E-state index in [1.165, 1.54) is 9.80 Å². The summed E-state index contributed by atoms with van der Waals surface area (Å²) in [6.45, 7) is 2.31. The van der Waals surface area contributed by atoms with Crippen LogP contribution >= 0.6 is 0 Å². The molecule has 4 unspecified atom stereocenters. The van der Waals surface area contributed by atoms with Crippen LogP contribution in [0.15, 0.2) is 0 Å². The number of nitrogens with zero attached hydrogens (tertiary/aromatic N) is 2. The van der Waals surface area contributed by atoms with E-state index >= 15 is 0 Å². The van der Waals surface area contributed by atoms with Crippen LogP contribution in [-0.4, -0.2) is 75.0 Å². The summed E-state index contributed by atoms with van der Waals surface area (Å²) in [5, 5.41) is 27.8. The van der Waals surface area contributed by atoms with E-state index < -0.39 is 24.1 Å². The molecular weight excluding hydrogens is 240 g/mol. The number of carbonyl (C=O) groups excluding carboxylic acids is 1. The Morgan fingerprint density at radius 3 is 2.17 bits per heavy atom. The molecule has 0 aromatic carbocycles. The van der Waals surface area contributed by atoms with E-state index in [1.807, 2.05) is 0 Å². The summed E-state index contributed by atoms with van der Waals surface area (Å²) in [4.78, 5) is 26.0.